The van der Waals surface area contributed by atoms with Crippen LogP contribution in [0.5, 0.6) is 0 Å². The second-order valence-corrected chi connectivity index (χ2v) is 10.2. The molecule has 0 unspecified atom stereocenters. The van der Waals surface area contributed by atoms with Gasteiger partial charge in [-0.3, -0.25) is 0 Å². The van der Waals surface area contributed by atoms with Gasteiger partial charge >= 0.3 is 0 Å². The van der Waals surface area contributed by atoms with E-state index >= 15 is 0 Å². The van der Waals surface area contributed by atoms with Gasteiger partial charge in [-0.05, 0) is 57.9 Å². The fraction of sp³-hybridized carbons (Fsp3) is 0. The van der Waals surface area contributed by atoms with Gasteiger partial charge < -0.3 is 9.32 Å². The summed E-state index contributed by atoms with van der Waals surface area (Å²) in [5, 5.41) is 8.44. The molecule has 188 valence electrons. The van der Waals surface area contributed by atoms with Crippen LogP contribution in [0.3, 0.4) is 0 Å². The highest BCUT2D eigenvalue weighted by molar-refractivity contribution is 6.15. The standard InChI is InChI=1S/C38H25NO/c1-2-12-27(13-3-1)38-25-29-23-30(21-22-37(29)40-38)39(35-20-10-15-26-11-4-7-17-32(26)35)36-24-28-14-5-6-16-31(28)33-18-8-9-19-34(33)36/h1-25H. The Kier molecular flexibility index (Phi) is 5.17. The van der Waals surface area contributed by atoms with E-state index in [0.717, 1.165) is 39.4 Å². The van der Waals surface area contributed by atoms with E-state index in [1.807, 2.05) is 18.2 Å². The van der Waals surface area contributed by atoms with Crippen LogP contribution >= 0.6 is 0 Å². The van der Waals surface area contributed by atoms with Crippen molar-refractivity contribution in [3.8, 4) is 11.3 Å². The molecule has 0 bridgehead atoms. The molecule has 0 radical (unpaired) electrons. The van der Waals surface area contributed by atoms with Gasteiger partial charge in [0.2, 0.25) is 0 Å². The van der Waals surface area contributed by atoms with Crippen molar-refractivity contribution in [2.45, 2.75) is 0 Å². The second-order valence-electron chi connectivity index (χ2n) is 10.2. The molecule has 0 aliphatic carbocycles. The van der Waals surface area contributed by atoms with E-state index in [9.17, 15) is 0 Å². The summed E-state index contributed by atoms with van der Waals surface area (Å²) in [4.78, 5) is 2.41. The predicted octanol–water partition coefficient (Wildman–Crippen LogP) is 11.0. The topological polar surface area (TPSA) is 16.4 Å². The Morgan fingerprint density at radius 3 is 1.93 bits per heavy atom. The summed E-state index contributed by atoms with van der Waals surface area (Å²) in [7, 11) is 0. The number of hydrogen-bond donors (Lipinski definition) is 0. The Morgan fingerprint density at radius 2 is 1.07 bits per heavy atom. The third kappa shape index (κ3) is 3.65. The third-order valence-electron chi connectivity index (χ3n) is 7.81. The summed E-state index contributed by atoms with van der Waals surface area (Å²) in [6, 6.07) is 53.8. The molecule has 8 rings (SSSR count). The number of benzene rings is 7. The summed E-state index contributed by atoms with van der Waals surface area (Å²) in [5.41, 5.74) is 5.33. The first kappa shape index (κ1) is 22.6. The summed E-state index contributed by atoms with van der Waals surface area (Å²) >= 11 is 0. The molecular weight excluding hydrogens is 486 g/mol. The smallest absolute Gasteiger partial charge is 0.135 e. The molecule has 0 amide bonds. The largest absolute Gasteiger partial charge is 0.456 e. The maximum absolute atomic E-state index is 6.28. The highest BCUT2D eigenvalue weighted by atomic mass is 16.3. The van der Waals surface area contributed by atoms with Gasteiger partial charge in [0.1, 0.15) is 11.3 Å². The summed E-state index contributed by atoms with van der Waals surface area (Å²) in [6.07, 6.45) is 0. The van der Waals surface area contributed by atoms with Crippen molar-refractivity contribution in [2.75, 3.05) is 4.90 Å². The van der Waals surface area contributed by atoms with E-state index in [4.69, 9.17) is 4.42 Å². The first-order valence-electron chi connectivity index (χ1n) is 13.6. The number of rotatable bonds is 4. The van der Waals surface area contributed by atoms with Crippen LogP contribution in [-0.2, 0) is 0 Å². The lowest BCUT2D eigenvalue weighted by molar-refractivity contribution is 0.631. The summed E-state index contributed by atoms with van der Waals surface area (Å²) in [5.74, 6) is 0.876. The molecule has 0 spiro atoms. The minimum absolute atomic E-state index is 0.876. The molecule has 0 saturated heterocycles. The normalized spacial score (nSPS) is 11.5. The maximum atomic E-state index is 6.28. The molecule has 8 aromatic rings. The van der Waals surface area contributed by atoms with Gasteiger partial charge in [-0.25, -0.2) is 0 Å². The van der Waals surface area contributed by atoms with Crippen LogP contribution in [0.4, 0.5) is 17.1 Å². The first-order chi connectivity index (χ1) is 19.8. The zero-order valence-electron chi connectivity index (χ0n) is 21.8. The average Bonchev–Trinajstić information content (AvgIpc) is 3.46. The Hall–Kier alpha value is -5.34. The Balaban J connectivity index is 1.42. The van der Waals surface area contributed by atoms with Gasteiger partial charge in [-0.2, -0.15) is 0 Å². The highest BCUT2D eigenvalue weighted by Gasteiger charge is 2.20. The Bertz CT molecular complexity index is 2170. The van der Waals surface area contributed by atoms with E-state index < -0.39 is 0 Å². The molecule has 7 aromatic carbocycles. The van der Waals surface area contributed by atoms with E-state index in [-0.39, 0.29) is 0 Å². The second kappa shape index (κ2) is 9.14. The zero-order valence-corrected chi connectivity index (χ0v) is 21.8. The highest BCUT2D eigenvalue weighted by Crippen LogP contribution is 2.45. The molecular formula is C38H25NO. The van der Waals surface area contributed by atoms with E-state index in [1.54, 1.807) is 0 Å². The number of nitrogens with zero attached hydrogens (tertiary/aromatic N) is 1. The molecule has 0 N–H and O–H groups in total. The molecule has 40 heavy (non-hydrogen) atoms. The van der Waals surface area contributed by atoms with Gasteiger partial charge in [0.05, 0.1) is 11.4 Å². The van der Waals surface area contributed by atoms with Crippen molar-refractivity contribution in [3.63, 3.8) is 0 Å². The van der Waals surface area contributed by atoms with Crippen molar-refractivity contribution >= 4 is 60.3 Å². The van der Waals surface area contributed by atoms with Crippen molar-refractivity contribution in [1.82, 2.24) is 0 Å². The average molecular weight is 512 g/mol. The van der Waals surface area contributed by atoms with Crippen LogP contribution in [0.2, 0.25) is 0 Å². The monoisotopic (exact) mass is 511 g/mol. The number of fused-ring (bicyclic) bond motifs is 5. The van der Waals surface area contributed by atoms with Gasteiger partial charge in [0.25, 0.3) is 0 Å². The number of hydrogen-bond acceptors (Lipinski definition) is 2. The molecule has 0 aliphatic rings. The van der Waals surface area contributed by atoms with Crippen LogP contribution in [0.15, 0.2) is 156 Å². The van der Waals surface area contributed by atoms with Crippen molar-refractivity contribution in [2.24, 2.45) is 0 Å². The summed E-state index contributed by atoms with van der Waals surface area (Å²) in [6.45, 7) is 0. The Morgan fingerprint density at radius 1 is 0.400 bits per heavy atom. The fourth-order valence-electron chi connectivity index (χ4n) is 5.95. The van der Waals surface area contributed by atoms with Gasteiger partial charge in [-0.1, -0.05) is 115 Å². The minimum atomic E-state index is 0.876. The van der Waals surface area contributed by atoms with Crippen LogP contribution in [0.25, 0.3) is 54.6 Å². The zero-order chi connectivity index (χ0) is 26.5. The summed E-state index contributed by atoms with van der Waals surface area (Å²) < 4.78 is 6.28. The van der Waals surface area contributed by atoms with E-state index in [0.29, 0.717) is 0 Å². The minimum Gasteiger partial charge on any atom is -0.456 e. The van der Waals surface area contributed by atoms with Gasteiger partial charge in [0.15, 0.2) is 0 Å². The third-order valence-corrected chi connectivity index (χ3v) is 7.81. The SMILES string of the molecule is c1ccc(-c2cc3cc(N(c4cccc5ccccc45)c4cc5ccccc5c5ccccc45)ccc3o2)cc1. The molecule has 0 saturated carbocycles. The molecule has 1 heterocycles. The number of anilines is 3. The number of furan rings is 1. The fourth-order valence-corrected chi connectivity index (χ4v) is 5.95. The van der Waals surface area contributed by atoms with Crippen LogP contribution in [-0.4, -0.2) is 0 Å². The molecule has 2 heteroatoms. The van der Waals surface area contributed by atoms with Gasteiger partial charge in [-0.15, -0.1) is 0 Å². The van der Waals surface area contributed by atoms with Crippen molar-refractivity contribution in [1.29, 1.82) is 0 Å². The Labute approximate surface area is 232 Å². The van der Waals surface area contributed by atoms with Crippen molar-refractivity contribution < 1.29 is 4.42 Å². The maximum Gasteiger partial charge on any atom is 0.135 e. The lowest BCUT2D eigenvalue weighted by Gasteiger charge is -2.28. The van der Waals surface area contributed by atoms with Crippen LogP contribution in [0.1, 0.15) is 0 Å². The molecule has 0 atom stereocenters. The van der Waals surface area contributed by atoms with Crippen LogP contribution in [0, 0.1) is 0 Å². The first-order valence-corrected chi connectivity index (χ1v) is 13.6. The van der Waals surface area contributed by atoms with Crippen molar-refractivity contribution in [3.05, 3.63) is 152 Å². The molecule has 0 fully saturated rings. The predicted molar refractivity (Wildman–Crippen MR) is 169 cm³/mol. The lowest BCUT2D eigenvalue weighted by atomic mass is 9.98. The lowest BCUT2D eigenvalue weighted by Crippen LogP contribution is -2.11. The van der Waals surface area contributed by atoms with E-state index in [1.165, 1.54) is 32.3 Å². The molecule has 2 nitrogen and oxygen atoms in total. The van der Waals surface area contributed by atoms with Gasteiger partial charge in [0, 0.05) is 27.4 Å². The van der Waals surface area contributed by atoms with Crippen LogP contribution < -0.4 is 4.90 Å². The van der Waals surface area contributed by atoms with E-state index in [2.05, 4.69) is 138 Å². The molecule has 1 aromatic heterocycles. The molecule has 0 aliphatic heterocycles. The quantitative estimate of drug-likeness (QED) is 0.218.